The molecule has 0 atom stereocenters. The van der Waals surface area contributed by atoms with E-state index in [-0.39, 0.29) is 0 Å². The minimum atomic E-state index is -0.411. The molecule has 1 saturated heterocycles. The maximum absolute atomic E-state index is 12.3. The number of aromatic nitrogens is 4. The zero-order valence-electron chi connectivity index (χ0n) is 28.2. The van der Waals surface area contributed by atoms with Gasteiger partial charge >= 0.3 is 11.9 Å². The van der Waals surface area contributed by atoms with E-state index in [9.17, 15) is 9.59 Å². The van der Waals surface area contributed by atoms with Crippen LogP contribution in [0.25, 0.3) is 43.6 Å². The fraction of sp³-hybridized carbons (Fsp3) is 0.368. The maximum atomic E-state index is 12.3. The number of hydrogen-bond donors (Lipinski definition) is 0. The number of nitrogens with zero attached hydrogens (tertiary/aromatic N) is 6. The second kappa shape index (κ2) is 13.4. The van der Waals surface area contributed by atoms with Gasteiger partial charge in [-0.3, -0.25) is 0 Å². The van der Waals surface area contributed by atoms with Crippen molar-refractivity contribution in [1.82, 2.24) is 28.9 Å². The van der Waals surface area contributed by atoms with Gasteiger partial charge in [0, 0.05) is 71.8 Å². The number of pyridine rings is 2. The van der Waals surface area contributed by atoms with E-state index in [2.05, 4.69) is 65.3 Å². The van der Waals surface area contributed by atoms with E-state index < -0.39 is 11.9 Å². The van der Waals surface area contributed by atoms with Crippen molar-refractivity contribution in [2.24, 2.45) is 0 Å². The predicted octanol–water partition coefficient (Wildman–Crippen LogP) is 5.98. The molecule has 0 amide bonds. The van der Waals surface area contributed by atoms with Gasteiger partial charge in [-0.05, 0) is 64.0 Å². The molecule has 248 valence electrons. The Morgan fingerprint density at radius 2 is 1.00 bits per heavy atom. The van der Waals surface area contributed by atoms with Gasteiger partial charge in [0.15, 0.2) is 0 Å². The molecule has 10 nitrogen and oxygen atoms in total. The first kappa shape index (κ1) is 31.8. The van der Waals surface area contributed by atoms with E-state index >= 15 is 0 Å². The molecule has 10 heteroatoms. The summed E-state index contributed by atoms with van der Waals surface area (Å²) < 4.78 is 14.6. The van der Waals surface area contributed by atoms with Crippen molar-refractivity contribution >= 4 is 55.6 Å². The van der Waals surface area contributed by atoms with Crippen LogP contribution in [-0.2, 0) is 22.6 Å². The van der Waals surface area contributed by atoms with Gasteiger partial charge in [-0.1, -0.05) is 36.4 Å². The van der Waals surface area contributed by atoms with Crippen LogP contribution < -0.4 is 0 Å². The molecule has 0 N–H and O–H groups in total. The molecule has 4 aromatic heterocycles. The van der Waals surface area contributed by atoms with Crippen LogP contribution in [0.1, 0.15) is 45.2 Å². The van der Waals surface area contributed by atoms with Crippen LogP contribution in [0.5, 0.6) is 0 Å². The molecule has 0 unspecified atom stereocenters. The molecule has 2 aromatic carbocycles. The van der Waals surface area contributed by atoms with Crippen molar-refractivity contribution in [2.45, 2.75) is 39.8 Å². The van der Waals surface area contributed by atoms with Crippen LogP contribution in [0.4, 0.5) is 0 Å². The molecule has 0 radical (unpaired) electrons. The lowest BCUT2D eigenvalue weighted by Gasteiger charge is -2.34. The average molecular weight is 647 g/mol. The molecule has 48 heavy (non-hydrogen) atoms. The summed E-state index contributed by atoms with van der Waals surface area (Å²) in [6, 6.07) is 20.5. The standard InChI is InChI=1S/C38H42N6O4/c1-25-35-29(23-31(39-25)37(45)47-3)27-11-5-7-13-33(27)43(35)17-9-15-41-19-21-42(22-20-41)16-10-18-44-34-14-8-6-12-28(34)30-24-32(38(46)48-4)40-26(2)36(30)44/h5-8,11-14,23-24H,9-10,15-22H2,1-4H3. The van der Waals surface area contributed by atoms with Gasteiger partial charge in [-0.25, -0.2) is 19.6 Å². The maximum Gasteiger partial charge on any atom is 0.356 e. The first-order chi connectivity index (χ1) is 23.4. The zero-order valence-corrected chi connectivity index (χ0v) is 28.2. The Balaban J connectivity index is 0.967. The fourth-order valence-corrected chi connectivity index (χ4v) is 7.56. The van der Waals surface area contributed by atoms with Gasteiger partial charge < -0.3 is 28.4 Å². The molecule has 5 heterocycles. The van der Waals surface area contributed by atoms with Crippen molar-refractivity contribution in [3.63, 3.8) is 0 Å². The van der Waals surface area contributed by atoms with E-state index in [4.69, 9.17) is 9.47 Å². The third-order valence-electron chi connectivity index (χ3n) is 9.81. The Morgan fingerprint density at radius 1 is 0.604 bits per heavy atom. The van der Waals surface area contributed by atoms with Crippen molar-refractivity contribution in [3.8, 4) is 0 Å². The lowest BCUT2D eigenvalue weighted by molar-refractivity contribution is 0.0585. The lowest BCUT2D eigenvalue weighted by atomic mass is 10.1. The van der Waals surface area contributed by atoms with E-state index in [0.29, 0.717) is 11.4 Å². The van der Waals surface area contributed by atoms with Gasteiger partial charge in [0.05, 0.1) is 36.6 Å². The first-order valence-corrected chi connectivity index (χ1v) is 16.8. The summed E-state index contributed by atoms with van der Waals surface area (Å²) in [6.45, 7) is 12.0. The average Bonchev–Trinajstić information content (AvgIpc) is 3.61. The highest BCUT2D eigenvalue weighted by Gasteiger charge is 2.21. The number of aryl methyl sites for hydroxylation is 4. The molecular weight excluding hydrogens is 604 g/mol. The Kier molecular flexibility index (Phi) is 8.85. The van der Waals surface area contributed by atoms with Crippen LogP contribution in [0.3, 0.4) is 0 Å². The number of para-hydroxylation sites is 2. The molecule has 1 aliphatic rings. The molecule has 0 aliphatic carbocycles. The lowest BCUT2D eigenvalue weighted by Crippen LogP contribution is -2.47. The topological polar surface area (TPSA) is 94.7 Å². The molecule has 1 aliphatic heterocycles. The number of methoxy groups -OCH3 is 2. The van der Waals surface area contributed by atoms with Crippen LogP contribution in [0.2, 0.25) is 0 Å². The Bertz CT molecular complexity index is 2000. The highest BCUT2D eigenvalue weighted by molar-refractivity contribution is 6.11. The van der Waals surface area contributed by atoms with Gasteiger partial charge in [-0.2, -0.15) is 0 Å². The predicted molar refractivity (Wildman–Crippen MR) is 189 cm³/mol. The summed E-state index contributed by atoms with van der Waals surface area (Å²) in [6.07, 6.45) is 2.07. The van der Waals surface area contributed by atoms with Crippen LogP contribution in [-0.4, -0.2) is 94.3 Å². The number of fused-ring (bicyclic) bond motifs is 6. The van der Waals surface area contributed by atoms with Crippen LogP contribution in [0, 0.1) is 13.8 Å². The highest BCUT2D eigenvalue weighted by Crippen LogP contribution is 2.33. The first-order valence-electron chi connectivity index (χ1n) is 16.8. The molecule has 0 saturated carbocycles. The van der Waals surface area contributed by atoms with E-state index in [1.807, 2.05) is 38.1 Å². The highest BCUT2D eigenvalue weighted by atomic mass is 16.5. The summed E-state index contributed by atoms with van der Waals surface area (Å²) in [5.41, 5.74) is 6.90. The van der Waals surface area contributed by atoms with Gasteiger partial charge in [-0.15, -0.1) is 0 Å². The van der Waals surface area contributed by atoms with Gasteiger partial charge in [0.2, 0.25) is 0 Å². The number of ether oxygens (including phenoxy) is 2. The second-order valence-electron chi connectivity index (χ2n) is 12.7. The van der Waals surface area contributed by atoms with Gasteiger partial charge in [0.1, 0.15) is 11.4 Å². The Morgan fingerprint density at radius 3 is 1.40 bits per heavy atom. The van der Waals surface area contributed by atoms with Gasteiger partial charge in [0.25, 0.3) is 0 Å². The number of carbonyl (C=O) groups excluding carboxylic acids is 2. The van der Waals surface area contributed by atoms with E-state index in [0.717, 1.165) is 109 Å². The quantitative estimate of drug-likeness (QED) is 0.168. The van der Waals surface area contributed by atoms with Crippen LogP contribution in [0.15, 0.2) is 60.7 Å². The Labute approximate surface area is 279 Å². The number of hydrogen-bond acceptors (Lipinski definition) is 8. The summed E-state index contributed by atoms with van der Waals surface area (Å²) in [4.78, 5) is 38.9. The minimum Gasteiger partial charge on any atom is -0.464 e. The number of esters is 2. The Hall–Kier alpha value is -4.80. The molecule has 0 bridgehead atoms. The smallest absolute Gasteiger partial charge is 0.356 e. The molecule has 0 spiro atoms. The molecular formula is C38H42N6O4. The molecule has 1 fully saturated rings. The molecule has 6 aromatic rings. The number of rotatable bonds is 10. The third-order valence-corrected chi connectivity index (χ3v) is 9.81. The zero-order chi connectivity index (χ0) is 33.4. The van der Waals surface area contributed by atoms with Crippen LogP contribution >= 0.6 is 0 Å². The van der Waals surface area contributed by atoms with E-state index in [1.54, 1.807) is 0 Å². The summed E-state index contributed by atoms with van der Waals surface area (Å²) in [7, 11) is 2.78. The third kappa shape index (κ3) is 5.79. The fourth-order valence-electron chi connectivity index (χ4n) is 7.56. The van der Waals surface area contributed by atoms with E-state index in [1.165, 1.54) is 25.3 Å². The summed E-state index contributed by atoms with van der Waals surface area (Å²) >= 11 is 0. The second-order valence-corrected chi connectivity index (χ2v) is 12.7. The van der Waals surface area contributed by atoms with Crippen molar-refractivity contribution in [3.05, 3.63) is 83.4 Å². The van der Waals surface area contributed by atoms with Crippen molar-refractivity contribution < 1.29 is 19.1 Å². The largest absolute Gasteiger partial charge is 0.464 e. The molecule has 7 rings (SSSR count). The monoisotopic (exact) mass is 646 g/mol. The number of carbonyl (C=O) groups is 2. The normalized spacial score (nSPS) is 14.4. The summed E-state index contributed by atoms with van der Waals surface area (Å²) in [5, 5.41) is 4.36. The summed E-state index contributed by atoms with van der Waals surface area (Å²) in [5.74, 6) is -0.823. The number of benzene rings is 2. The van der Waals surface area contributed by atoms with Crippen molar-refractivity contribution in [2.75, 3.05) is 53.5 Å². The SMILES string of the molecule is COC(=O)c1cc2c3ccccc3n(CCCN3CCN(CCCn4c5ccccc5c5cc(C(=O)OC)nc(C)c54)CC3)c2c(C)n1. The van der Waals surface area contributed by atoms with Crippen molar-refractivity contribution in [1.29, 1.82) is 0 Å². The number of piperazine rings is 1. The minimum absolute atomic E-state index is 0.347.